The summed E-state index contributed by atoms with van der Waals surface area (Å²) >= 11 is 2.88. The lowest BCUT2D eigenvalue weighted by Crippen LogP contribution is -2.32. The molecule has 0 saturated carbocycles. The highest BCUT2D eigenvalue weighted by Gasteiger charge is 2.34. The van der Waals surface area contributed by atoms with Crippen LogP contribution in [0.5, 0.6) is 0 Å². The average Bonchev–Trinajstić information content (AvgIpc) is 3.07. The Morgan fingerprint density at radius 1 is 1.07 bits per heavy atom. The van der Waals surface area contributed by atoms with Crippen LogP contribution in [0.1, 0.15) is 31.2 Å². The fraction of sp³-hybridized carbons (Fsp3) is 0.263. The Labute approximate surface area is 163 Å². The fourth-order valence-electron chi connectivity index (χ4n) is 3.16. The second-order valence-corrected chi connectivity index (χ2v) is 8.64. The van der Waals surface area contributed by atoms with Gasteiger partial charge in [0, 0.05) is 24.2 Å². The van der Waals surface area contributed by atoms with Gasteiger partial charge in [0.25, 0.3) is 17.4 Å². The molecule has 1 aliphatic heterocycles. The molecule has 27 heavy (non-hydrogen) atoms. The Morgan fingerprint density at radius 3 is 2.33 bits per heavy atom. The van der Waals surface area contributed by atoms with Gasteiger partial charge < -0.3 is 0 Å². The molecule has 2 aromatic heterocycles. The zero-order valence-corrected chi connectivity index (χ0v) is 16.7. The Kier molecular flexibility index (Phi) is 4.39. The van der Waals surface area contributed by atoms with E-state index in [-0.39, 0.29) is 23.9 Å². The van der Waals surface area contributed by atoms with E-state index < -0.39 is 0 Å². The number of carbonyl (C=O) groups is 2. The number of benzene rings is 1. The van der Waals surface area contributed by atoms with E-state index in [2.05, 4.69) is 4.98 Å². The molecular weight excluding hydrogens is 382 g/mol. The Balaban J connectivity index is 1.54. The van der Waals surface area contributed by atoms with Gasteiger partial charge >= 0.3 is 0 Å². The number of carbonyl (C=O) groups excluding carboxylic acids is 2. The van der Waals surface area contributed by atoms with E-state index in [1.807, 2.05) is 13.8 Å². The maximum Gasteiger partial charge on any atom is 0.262 e. The first-order valence-electron chi connectivity index (χ1n) is 8.45. The van der Waals surface area contributed by atoms with Crippen LogP contribution in [0, 0.1) is 13.8 Å². The first-order valence-corrected chi connectivity index (χ1v) is 10.2. The number of rotatable bonds is 4. The van der Waals surface area contributed by atoms with Crippen molar-refractivity contribution in [3.8, 4) is 0 Å². The minimum atomic E-state index is -0.266. The molecule has 3 aromatic rings. The van der Waals surface area contributed by atoms with E-state index in [1.165, 1.54) is 32.6 Å². The predicted molar refractivity (Wildman–Crippen MR) is 107 cm³/mol. The van der Waals surface area contributed by atoms with E-state index in [1.54, 1.807) is 31.3 Å². The second kappa shape index (κ2) is 6.61. The SMILES string of the molecule is Cc1sc2nc(SCCN3C(=O)c4ccccc4C3=O)n(C)c(=O)c2c1C. The Morgan fingerprint density at radius 2 is 1.70 bits per heavy atom. The van der Waals surface area contributed by atoms with Gasteiger partial charge in [-0.05, 0) is 31.5 Å². The quantitative estimate of drug-likeness (QED) is 0.383. The molecule has 0 saturated heterocycles. The van der Waals surface area contributed by atoms with Crippen LogP contribution in [-0.2, 0) is 7.05 Å². The Hall–Kier alpha value is -2.45. The normalized spacial score (nSPS) is 13.7. The van der Waals surface area contributed by atoms with Crippen LogP contribution < -0.4 is 5.56 Å². The number of nitrogens with zero attached hydrogens (tertiary/aromatic N) is 3. The van der Waals surface area contributed by atoms with Crippen molar-refractivity contribution in [1.82, 2.24) is 14.5 Å². The minimum absolute atomic E-state index is 0.0647. The second-order valence-electron chi connectivity index (χ2n) is 6.38. The maximum absolute atomic E-state index is 12.7. The third-order valence-corrected chi connectivity index (χ3v) is 6.90. The van der Waals surface area contributed by atoms with Gasteiger partial charge in [-0.2, -0.15) is 0 Å². The van der Waals surface area contributed by atoms with Crippen molar-refractivity contribution in [3.63, 3.8) is 0 Å². The van der Waals surface area contributed by atoms with E-state index in [9.17, 15) is 14.4 Å². The van der Waals surface area contributed by atoms with Gasteiger partial charge in [0.05, 0.1) is 16.5 Å². The van der Waals surface area contributed by atoms with E-state index in [0.717, 1.165) is 15.3 Å². The number of thiophene rings is 1. The molecule has 1 aliphatic rings. The van der Waals surface area contributed by atoms with Crippen LogP contribution >= 0.6 is 23.1 Å². The molecule has 0 bridgehead atoms. The summed E-state index contributed by atoms with van der Waals surface area (Å²) in [7, 11) is 1.70. The zero-order valence-electron chi connectivity index (χ0n) is 15.1. The van der Waals surface area contributed by atoms with Gasteiger partial charge in [-0.1, -0.05) is 23.9 Å². The van der Waals surface area contributed by atoms with Crippen LogP contribution in [0.4, 0.5) is 0 Å². The van der Waals surface area contributed by atoms with Gasteiger partial charge in [0.1, 0.15) is 4.83 Å². The molecule has 2 amide bonds. The molecule has 138 valence electrons. The number of thioether (sulfide) groups is 1. The molecule has 1 aromatic carbocycles. The first-order chi connectivity index (χ1) is 12.9. The fourth-order valence-corrected chi connectivity index (χ4v) is 5.12. The number of aryl methyl sites for hydroxylation is 2. The van der Waals surface area contributed by atoms with Crippen LogP contribution in [0.25, 0.3) is 10.2 Å². The van der Waals surface area contributed by atoms with Crippen molar-refractivity contribution in [1.29, 1.82) is 0 Å². The Bertz CT molecular complexity index is 1130. The molecule has 0 radical (unpaired) electrons. The summed E-state index contributed by atoms with van der Waals surface area (Å²) in [6, 6.07) is 6.84. The maximum atomic E-state index is 12.7. The molecule has 6 nitrogen and oxygen atoms in total. The molecule has 0 N–H and O–H groups in total. The molecule has 0 spiro atoms. The van der Waals surface area contributed by atoms with Crippen LogP contribution in [0.2, 0.25) is 0 Å². The molecule has 8 heteroatoms. The van der Waals surface area contributed by atoms with Crippen LogP contribution in [0.15, 0.2) is 34.2 Å². The molecule has 0 aliphatic carbocycles. The van der Waals surface area contributed by atoms with Crippen LogP contribution in [-0.4, -0.2) is 38.6 Å². The van der Waals surface area contributed by atoms with Crippen molar-refractivity contribution < 1.29 is 9.59 Å². The van der Waals surface area contributed by atoms with Crippen molar-refractivity contribution in [2.24, 2.45) is 7.05 Å². The van der Waals surface area contributed by atoms with Crippen molar-refractivity contribution >= 4 is 45.1 Å². The molecule has 0 atom stereocenters. The topological polar surface area (TPSA) is 72.3 Å². The first kappa shape index (κ1) is 17.9. The van der Waals surface area contributed by atoms with E-state index >= 15 is 0 Å². The lowest BCUT2D eigenvalue weighted by Gasteiger charge is -2.14. The average molecular weight is 399 g/mol. The smallest absolute Gasteiger partial charge is 0.262 e. The van der Waals surface area contributed by atoms with Gasteiger partial charge in [-0.25, -0.2) is 4.98 Å². The molecule has 3 heterocycles. The standard InChI is InChI=1S/C19H17N3O3S2/c1-10-11(2)27-15-14(10)18(25)21(3)19(20-15)26-9-8-22-16(23)12-6-4-5-7-13(12)17(22)24/h4-7H,8-9H2,1-3H3. The lowest BCUT2D eigenvalue weighted by molar-refractivity contribution is 0.0664. The summed E-state index contributed by atoms with van der Waals surface area (Å²) in [4.78, 5) is 45.2. The summed E-state index contributed by atoms with van der Waals surface area (Å²) in [5, 5.41) is 1.26. The number of hydrogen-bond donors (Lipinski definition) is 0. The van der Waals surface area contributed by atoms with Gasteiger partial charge in [0.2, 0.25) is 0 Å². The largest absolute Gasteiger partial charge is 0.290 e. The van der Waals surface area contributed by atoms with E-state index in [0.29, 0.717) is 27.4 Å². The molecular formula is C19H17N3O3S2. The number of amides is 2. The van der Waals surface area contributed by atoms with Crippen molar-refractivity contribution in [2.75, 3.05) is 12.3 Å². The highest BCUT2D eigenvalue weighted by atomic mass is 32.2. The van der Waals surface area contributed by atoms with Crippen molar-refractivity contribution in [2.45, 2.75) is 19.0 Å². The number of fused-ring (bicyclic) bond motifs is 2. The summed E-state index contributed by atoms with van der Waals surface area (Å²) < 4.78 is 1.54. The number of imide groups is 1. The number of aromatic nitrogens is 2. The highest BCUT2D eigenvalue weighted by molar-refractivity contribution is 7.99. The van der Waals surface area contributed by atoms with Crippen molar-refractivity contribution in [3.05, 3.63) is 56.2 Å². The predicted octanol–water partition coefficient (Wildman–Crippen LogP) is 3.00. The molecule has 0 fully saturated rings. The summed E-state index contributed by atoms with van der Waals surface area (Å²) in [5.74, 6) is -0.0587. The summed E-state index contributed by atoms with van der Waals surface area (Å²) in [5.41, 5.74) is 1.81. The highest BCUT2D eigenvalue weighted by Crippen LogP contribution is 2.28. The zero-order chi connectivity index (χ0) is 19.3. The lowest BCUT2D eigenvalue weighted by atomic mass is 10.1. The number of hydrogen-bond acceptors (Lipinski definition) is 6. The van der Waals surface area contributed by atoms with Crippen LogP contribution in [0.3, 0.4) is 0 Å². The third kappa shape index (κ3) is 2.80. The van der Waals surface area contributed by atoms with Gasteiger partial charge in [-0.3, -0.25) is 23.9 Å². The molecule has 4 rings (SSSR count). The van der Waals surface area contributed by atoms with E-state index in [4.69, 9.17) is 0 Å². The monoisotopic (exact) mass is 399 g/mol. The molecule has 0 unspecified atom stereocenters. The third-order valence-electron chi connectivity index (χ3n) is 4.79. The summed E-state index contributed by atoms with van der Waals surface area (Å²) in [6.45, 7) is 4.19. The summed E-state index contributed by atoms with van der Waals surface area (Å²) in [6.07, 6.45) is 0. The van der Waals surface area contributed by atoms with Gasteiger partial charge in [0.15, 0.2) is 5.16 Å². The van der Waals surface area contributed by atoms with Gasteiger partial charge in [-0.15, -0.1) is 11.3 Å². The minimum Gasteiger partial charge on any atom is -0.290 e.